The van der Waals surface area contributed by atoms with Crippen molar-refractivity contribution >= 4 is 27.6 Å². The fourth-order valence-corrected chi connectivity index (χ4v) is 5.61. The SMILES string of the molecule is O=C(O)COc1cccc2c1CCC[C@H]2NS(=O)(=O)c1ccc(Oc2ccc(F)cc2Cl)c(C(F)(F)F)c1. The van der Waals surface area contributed by atoms with Crippen LogP contribution in [0.1, 0.15) is 35.6 Å². The molecule has 2 N–H and O–H groups in total. The molecule has 0 heterocycles. The molecule has 38 heavy (non-hydrogen) atoms. The first-order valence-electron chi connectivity index (χ1n) is 11.2. The van der Waals surface area contributed by atoms with Crippen LogP contribution in [0.4, 0.5) is 17.6 Å². The van der Waals surface area contributed by atoms with E-state index >= 15 is 0 Å². The standard InChI is InChI=1S/C25H20ClF4NO6S/c26-19-11-14(27)7-9-23(19)37-22-10-8-15(12-18(22)25(28,29)30)38(34,35)31-20-5-1-4-17-16(20)3-2-6-21(17)36-13-24(32)33/h2-3,6-12,20,31H,1,4-5,13H2,(H,32,33)/t20-/m1/s1. The number of carboxylic acids is 1. The Kier molecular flexibility index (Phi) is 7.86. The maximum absolute atomic E-state index is 13.9. The number of carboxylic acid groups (broad SMARTS) is 1. The van der Waals surface area contributed by atoms with Crippen LogP contribution < -0.4 is 14.2 Å². The van der Waals surface area contributed by atoms with Crippen LogP contribution in [0.2, 0.25) is 5.02 Å². The molecule has 0 unspecified atom stereocenters. The molecule has 13 heteroatoms. The average Bonchev–Trinajstić information content (AvgIpc) is 2.84. The van der Waals surface area contributed by atoms with Gasteiger partial charge in [-0.2, -0.15) is 13.2 Å². The van der Waals surface area contributed by atoms with E-state index < -0.39 is 56.8 Å². The highest BCUT2D eigenvalue weighted by molar-refractivity contribution is 7.89. The van der Waals surface area contributed by atoms with Crippen LogP contribution >= 0.6 is 11.6 Å². The van der Waals surface area contributed by atoms with Crippen molar-refractivity contribution in [3.05, 3.63) is 82.1 Å². The Labute approximate surface area is 220 Å². The molecule has 0 spiro atoms. The summed E-state index contributed by atoms with van der Waals surface area (Å²) in [5.74, 6) is -2.55. The lowest BCUT2D eigenvalue weighted by Crippen LogP contribution is -2.31. The summed E-state index contributed by atoms with van der Waals surface area (Å²) in [6.45, 7) is -0.579. The van der Waals surface area contributed by atoms with Crippen molar-refractivity contribution in [2.45, 2.75) is 36.4 Å². The Balaban J connectivity index is 1.64. The third-order valence-corrected chi connectivity index (χ3v) is 7.56. The number of nitrogens with one attached hydrogen (secondary N) is 1. The summed E-state index contributed by atoms with van der Waals surface area (Å²) in [6, 6.07) is 9.16. The largest absolute Gasteiger partial charge is 0.482 e. The van der Waals surface area contributed by atoms with Crippen molar-refractivity contribution in [2.24, 2.45) is 0 Å². The lowest BCUT2D eigenvalue weighted by Gasteiger charge is -2.28. The molecule has 0 aliphatic heterocycles. The second-order valence-corrected chi connectivity index (χ2v) is 10.5. The number of ether oxygens (including phenoxy) is 2. The molecule has 1 aliphatic carbocycles. The fraction of sp³-hybridized carbons (Fsp3) is 0.240. The fourth-order valence-electron chi connectivity index (χ4n) is 4.13. The van der Waals surface area contributed by atoms with Gasteiger partial charge in [0.25, 0.3) is 0 Å². The molecular formula is C25H20ClF4NO6S. The number of sulfonamides is 1. The van der Waals surface area contributed by atoms with Gasteiger partial charge < -0.3 is 14.6 Å². The molecule has 1 aliphatic rings. The zero-order valence-electron chi connectivity index (χ0n) is 19.4. The number of rotatable bonds is 8. The highest BCUT2D eigenvalue weighted by atomic mass is 35.5. The summed E-state index contributed by atoms with van der Waals surface area (Å²) in [4.78, 5) is 10.2. The molecule has 0 saturated heterocycles. The molecule has 0 saturated carbocycles. The van der Waals surface area contributed by atoms with Crippen molar-refractivity contribution in [1.82, 2.24) is 4.72 Å². The normalized spacial score (nSPS) is 15.6. The Bertz CT molecular complexity index is 1480. The molecule has 0 radical (unpaired) electrons. The van der Waals surface area contributed by atoms with Gasteiger partial charge in [0.1, 0.15) is 23.1 Å². The van der Waals surface area contributed by atoms with E-state index in [0.717, 1.165) is 30.3 Å². The van der Waals surface area contributed by atoms with Gasteiger partial charge in [-0.3, -0.25) is 0 Å². The number of hydrogen-bond donors (Lipinski definition) is 2. The number of hydrogen-bond acceptors (Lipinski definition) is 5. The van der Waals surface area contributed by atoms with Gasteiger partial charge in [-0.15, -0.1) is 0 Å². The van der Waals surface area contributed by atoms with Gasteiger partial charge in [0, 0.05) is 6.04 Å². The molecule has 3 aromatic rings. The van der Waals surface area contributed by atoms with E-state index in [9.17, 15) is 30.8 Å². The molecule has 4 rings (SSSR count). The van der Waals surface area contributed by atoms with Crippen LogP contribution in [-0.4, -0.2) is 26.1 Å². The summed E-state index contributed by atoms with van der Waals surface area (Å²) in [5, 5.41) is 8.62. The lowest BCUT2D eigenvalue weighted by molar-refractivity contribution is -0.140. The van der Waals surface area contributed by atoms with Crippen LogP contribution in [0, 0.1) is 5.82 Å². The van der Waals surface area contributed by atoms with E-state index in [1.165, 1.54) is 0 Å². The maximum Gasteiger partial charge on any atom is 0.420 e. The molecule has 0 aromatic heterocycles. The van der Waals surface area contributed by atoms with Crippen LogP contribution in [0.15, 0.2) is 59.5 Å². The van der Waals surface area contributed by atoms with Gasteiger partial charge in [0.05, 0.1) is 15.5 Å². The van der Waals surface area contributed by atoms with E-state index in [4.69, 9.17) is 26.2 Å². The van der Waals surface area contributed by atoms with E-state index in [2.05, 4.69) is 4.72 Å². The average molecular weight is 574 g/mol. The summed E-state index contributed by atoms with van der Waals surface area (Å²) in [7, 11) is -4.44. The van der Waals surface area contributed by atoms with E-state index in [1.807, 2.05) is 0 Å². The zero-order valence-corrected chi connectivity index (χ0v) is 21.0. The quantitative estimate of drug-likeness (QED) is 0.315. The van der Waals surface area contributed by atoms with Gasteiger partial charge in [0.2, 0.25) is 10.0 Å². The number of carbonyl (C=O) groups is 1. The molecule has 0 amide bonds. The highest BCUT2D eigenvalue weighted by Gasteiger charge is 2.37. The minimum Gasteiger partial charge on any atom is -0.482 e. The minimum atomic E-state index is -4.98. The zero-order chi connectivity index (χ0) is 27.7. The molecular weight excluding hydrogens is 554 g/mol. The van der Waals surface area contributed by atoms with Gasteiger partial charge >= 0.3 is 12.1 Å². The first-order chi connectivity index (χ1) is 17.8. The number of halogens is 5. The van der Waals surface area contributed by atoms with Crippen molar-refractivity contribution < 1.29 is 45.4 Å². The lowest BCUT2D eigenvalue weighted by atomic mass is 9.87. The second-order valence-electron chi connectivity index (χ2n) is 8.40. The van der Waals surface area contributed by atoms with Gasteiger partial charge in [0.15, 0.2) is 6.61 Å². The third kappa shape index (κ3) is 6.20. The van der Waals surface area contributed by atoms with Crippen molar-refractivity contribution in [2.75, 3.05) is 6.61 Å². The molecule has 7 nitrogen and oxygen atoms in total. The summed E-state index contributed by atoms with van der Waals surface area (Å²) in [5.41, 5.74) is -0.192. The summed E-state index contributed by atoms with van der Waals surface area (Å²) in [6.07, 6.45) is -3.57. The van der Waals surface area contributed by atoms with E-state index in [-0.39, 0.29) is 10.8 Å². The molecule has 1 atom stereocenters. The van der Waals surface area contributed by atoms with E-state index in [0.29, 0.717) is 42.2 Å². The first kappa shape index (κ1) is 27.7. The van der Waals surface area contributed by atoms with E-state index in [1.54, 1.807) is 18.2 Å². The predicted octanol–water partition coefficient (Wildman–Crippen LogP) is 6.11. The van der Waals surface area contributed by atoms with Crippen LogP contribution in [0.3, 0.4) is 0 Å². The van der Waals surface area contributed by atoms with Gasteiger partial charge in [-0.05, 0) is 72.9 Å². The Morgan fingerprint density at radius 3 is 2.50 bits per heavy atom. The van der Waals surface area contributed by atoms with Crippen LogP contribution in [-0.2, 0) is 27.4 Å². The van der Waals surface area contributed by atoms with Crippen molar-refractivity contribution in [3.63, 3.8) is 0 Å². The topological polar surface area (TPSA) is 102 Å². The first-order valence-corrected chi connectivity index (χ1v) is 13.0. The highest BCUT2D eigenvalue weighted by Crippen LogP contribution is 2.41. The smallest absolute Gasteiger partial charge is 0.420 e. The molecule has 0 bridgehead atoms. The molecule has 3 aromatic carbocycles. The minimum absolute atomic E-state index is 0.243. The number of fused-ring (bicyclic) bond motifs is 1. The van der Waals surface area contributed by atoms with Gasteiger partial charge in [-0.25, -0.2) is 22.3 Å². The Morgan fingerprint density at radius 2 is 1.82 bits per heavy atom. The molecule has 202 valence electrons. The van der Waals surface area contributed by atoms with Crippen molar-refractivity contribution in [3.8, 4) is 17.2 Å². The Hall–Kier alpha value is -3.35. The number of aliphatic carboxylic acids is 1. The monoisotopic (exact) mass is 573 g/mol. The van der Waals surface area contributed by atoms with Crippen LogP contribution in [0.25, 0.3) is 0 Å². The number of benzene rings is 3. The number of alkyl halides is 3. The summed E-state index contributed by atoms with van der Waals surface area (Å²) >= 11 is 5.86. The van der Waals surface area contributed by atoms with Crippen molar-refractivity contribution in [1.29, 1.82) is 0 Å². The Morgan fingerprint density at radius 1 is 1.08 bits per heavy atom. The second kappa shape index (κ2) is 10.8. The maximum atomic E-state index is 13.9. The third-order valence-electron chi connectivity index (χ3n) is 5.79. The summed E-state index contributed by atoms with van der Waals surface area (Å²) < 4.78 is 94.2. The van der Waals surface area contributed by atoms with Gasteiger partial charge in [-0.1, -0.05) is 23.7 Å². The predicted molar refractivity (Wildman–Crippen MR) is 129 cm³/mol. The van der Waals surface area contributed by atoms with Crippen LogP contribution in [0.5, 0.6) is 17.2 Å². The molecule has 0 fully saturated rings.